The molecule has 378 valence electrons. The van der Waals surface area contributed by atoms with E-state index in [1.807, 2.05) is 0 Å². The topological polar surface area (TPSA) is 336 Å². The lowest BCUT2D eigenvalue weighted by molar-refractivity contribution is -0.198. The molecule has 0 saturated carbocycles. The number of amides is 12. The number of nitrogens with zero attached hydrogens (tertiary/aromatic N) is 8. The van der Waals surface area contributed by atoms with Crippen LogP contribution in [0.15, 0.2) is 22.1 Å². The Hall–Kier alpha value is -7.24. The molecule has 0 aromatic heterocycles. The van der Waals surface area contributed by atoms with E-state index in [9.17, 15) is 76.7 Å². The minimum Gasteiger partial charge on any atom is -0.341 e. The maximum Gasteiger partial charge on any atom is 0.334 e. The molecule has 0 aliphatic carbocycles. The number of hydrazine groups is 1. The molecule has 0 aromatic carbocycles. The Morgan fingerprint density at radius 2 is 0.586 bits per heavy atom. The van der Waals surface area contributed by atoms with Crippen LogP contribution in [-0.2, 0) is 96.1 Å². The first-order valence-electron chi connectivity index (χ1n) is 21.2. The molecule has 4 aliphatic heterocycles. The van der Waals surface area contributed by atoms with Crippen LogP contribution in [0, 0.1) is 0 Å². The zero-order valence-electron chi connectivity index (χ0n) is 37.0. The lowest BCUT2D eigenvalue weighted by atomic mass is 10.2. The molecule has 30 heteroatoms. The maximum absolute atomic E-state index is 13.8. The summed E-state index contributed by atoms with van der Waals surface area (Å²) in [5.41, 5.74) is 0. The third-order valence-corrected chi connectivity index (χ3v) is 10.7. The summed E-state index contributed by atoms with van der Waals surface area (Å²) in [7, 11) is 0. The van der Waals surface area contributed by atoms with Crippen LogP contribution >= 0.6 is 31.9 Å². The van der Waals surface area contributed by atoms with E-state index in [4.69, 9.17) is 19.4 Å². The molecule has 4 heterocycles. The van der Waals surface area contributed by atoms with Crippen LogP contribution in [0.4, 0.5) is 0 Å². The van der Waals surface area contributed by atoms with Crippen molar-refractivity contribution in [3.63, 3.8) is 0 Å². The molecule has 70 heavy (non-hydrogen) atoms. The monoisotopic (exact) mass is 1110 g/mol. The van der Waals surface area contributed by atoms with Crippen LogP contribution in [0.5, 0.6) is 0 Å². The number of hydrogen-bond donors (Lipinski definition) is 0. The molecule has 0 unspecified atom stereocenters. The molecule has 0 aromatic rings. The van der Waals surface area contributed by atoms with Gasteiger partial charge in [-0.05, 0) is 9.97 Å². The molecule has 0 spiro atoms. The number of carbonyl (C=O) groups is 16. The van der Waals surface area contributed by atoms with Gasteiger partial charge in [0.15, 0.2) is 0 Å². The minimum atomic E-state index is -1.13. The summed E-state index contributed by atoms with van der Waals surface area (Å²) in [6.07, 6.45) is -3.66. The lowest BCUT2D eigenvalue weighted by Gasteiger charge is -2.34. The Bertz CT molecular complexity index is 1940. The number of hydrogen-bond acceptors (Lipinski definition) is 20. The van der Waals surface area contributed by atoms with Gasteiger partial charge in [0, 0.05) is 103 Å². The van der Waals surface area contributed by atoms with Crippen LogP contribution in [0.3, 0.4) is 0 Å². The fraction of sp³-hybridized carbons (Fsp3) is 0.500. The highest BCUT2D eigenvalue weighted by atomic mass is 79.9. The van der Waals surface area contributed by atoms with Gasteiger partial charge in [-0.1, -0.05) is 31.9 Å². The van der Waals surface area contributed by atoms with E-state index in [0.717, 1.165) is 41.9 Å². The zero-order valence-corrected chi connectivity index (χ0v) is 40.1. The van der Waals surface area contributed by atoms with Gasteiger partial charge in [0.1, 0.15) is 0 Å². The van der Waals surface area contributed by atoms with Crippen molar-refractivity contribution in [2.75, 3.05) is 39.3 Å². The van der Waals surface area contributed by atoms with Crippen molar-refractivity contribution in [2.45, 2.75) is 89.9 Å². The highest BCUT2D eigenvalue weighted by Gasteiger charge is 2.37. The van der Waals surface area contributed by atoms with Gasteiger partial charge in [0.25, 0.3) is 59.1 Å². The molecule has 4 saturated heterocycles. The first-order chi connectivity index (χ1) is 33.2. The van der Waals surface area contributed by atoms with Crippen molar-refractivity contribution in [3.05, 3.63) is 22.1 Å². The van der Waals surface area contributed by atoms with Crippen molar-refractivity contribution in [1.82, 2.24) is 40.1 Å². The van der Waals surface area contributed by atoms with Crippen molar-refractivity contribution < 1.29 is 96.1 Å². The largest absolute Gasteiger partial charge is 0.341 e. The molecule has 4 rings (SSSR count). The summed E-state index contributed by atoms with van der Waals surface area (Å²) >= 11 is 5.93. The average molecular weight is 1120 g/mol. The Kier molecular flexibility index (Phi) is 21.0. The van der Waals surface area contributed by atoms with Gasteiger partial charge in [-0.3, -0.25) is 57.5 Å². The van der Waals surface area contributed by atoms with Crippen LogP contribution in [0.2, 0.25) is 0 Å². The van der Waals surface area contributed by atoms with Crippen LogP contribution in [0.25, 0.3) is 0 Å². The fourth-order valence-corrected chi connectivity index (χ4v) is 7.00. The smallest absolute Gasteiger partial charge is 0.334 e. The van der Waals surface area contributed by atoms with E-state index in [-0.39, 0.29) is 71.6 Å². The zero-order chi connectivity index (χ0) is 51.7. The molecular weight excluding hydrogens is 1070 g/mol. The Balaban J connectivity index is 1.51. The highest BCUT2D eigenvalue weighted by Crippen LogP contribution is 2.18. The molecule has 4 fully saturated rings. The second-order valence-electron chi connectivity index (χ2n) is 15.0. The fourth-order valence-electron chi connectivity index (χ4n) is 6.55. The summed E-state index contributed by atoms with van der Waals surface area (Å²) in [4.78, 5) is 225. The van der Waals surface area contributed by atoms with Gasteiger partial charge in [-0.2, -0.15) is 0 Å². The first kappa shape index (κ1) is 55.4. The predicted octanol–water partition coefficient (Wildman–Crippen LogP) is -1.20. The third kappa shape index (κ3) is 15.9. The average Bonchev–Trinajstić information content (AvgIpc) is 4.02. The number of hydroxylamine groups is 8. The van der Waals surface area contributed by atoms with Gasteiger partial charge in [-0.15, -0.1) is 20.3 Å². The van der Waals surface area contributed by atoms with Crippen LogP contribution < -0.4 is 0 Å². The first-order valence-corrected chi connectivity index (χ1v) is 23.1. The number of imide groups is 4. The molecule has 0 radical (unpaired) electrons. The molecular formula is C40H44Br2N8O20. The van der Waals surface area contributed by atoms with Gasteiger partial charge < -0.3 is 29.2 Å². The normalized spacial score (nSPS) is 16.0. The molecule has 4 aliphatic rings. The number of rotatable bonds is 24. The summed E-state index contributed by atoms with van der Waals surface area (Å²) < 4.78 is 0. The summed E-state index contributed by atoms with van der Waals surface area (Å²) in [5.74, 6) is -14.4. The van der Waals surface area contributed by atoms with E-state index in [1.165, 1.54) is 0 Å². The standard InChI is InChI=1S/C40H44Br2N8O20/c41-17-9-27(53)45(23-11-25(51)43(19-13-37(63)67-47-29(55)1-2-30(47)56)20-14-38(64)68-48-31(57)3-4-32(48)58)46(28(54)10-18-42)24-12-26(52)44(21-15-39(65)69-49-33(59)5-6-34(49)60)22-16-40(66)70-50-35(61)7-8-36(50)62/h9-10,17-18H,1-8,11-16,19-24H2/b17-9+,18-10+. The molecule has 12 amide bonds. The molecule has 0 bridgehead atoms. The number of carbonyl (C=O) groups excluding carboxylic acids is 16. The lowest BCUT2D eigenvalue weighted by Crippen LogP contribution is -2.51. The van der Waals surface area contributed by atoms with E-state index in [0.29, 0.717) is 0 Å². The predicted molar refractivity (Wildman–Crippen MR) is 229 cm³/mol. The van der Waals surface area contributed by atoms with E-state index in [2.05, 4.69) is 31.9 Å². The highest BCUT2D eigenvalue weighted by molar-refractivity contribution is 9.11. The Labute approximate surface area is 412 Å². The second kappa shape index (κ2) is 26.5. The summed E-state index contributed by atoms with van der Waals surface area (Å²) in [6, 6.07) is 0. The van der Waals surface area contributed by atoms with Gasteiger partial charge in [-0.25, -0.2) is 29.2 Å². The van der Waals surface area contributed by atoms with Crippen LogP contribution in [-0.4, -0.2) is 174 Å². The van der Waals surface area contributed by atoms with E-state index < -0.39 is 173 Å². The second-order valence-corrected chi connectivity index (χ2v) is 16.0. The summed E-state index contributed by atoms with van der Waals surface area (Å²) in [5, 5.41) is 2.64. The molecule has 0 N–H and O–H groups in total. The molecule has 0 atom stereocenters. The van der Waals surface area contributed by atoms with Crippen molar-refractivity contribution >= 4 is 127 Å². The quantitative estimate of drug-likeness (QED) is 0.0622. The maximum atomic E-state index is 13.8. The minimum absolute atomic E-state index is 0.204. The van der Waals surface area contributed by atoms with E-state index >= 15 is 0 Å². The van der Waals surface area contributed by atoms with Crippen molar-refractivity contribution in [2.24, 2.45) is 0 Å². The summed E-state index contributed by atoms with van der Waals surface area (Å²) in [6.45, 7) is -3.34. The molecule has 28 nitrogen and oxygen atoms in total. The van der Waals surface area contributed by atoms with Crippen molar-refractivity contribution in [3.8, 4) is 0 Å². The number of halogens is 2. The van der Waals surface area contributed by atoms with Gasteiger partial charge in [0.2, 0.25) is 11.8 Å². The van der Waals surface area contributed by atoms with Crippen LogP contribution in [0.1, 0.15) is 89.9 Å². The SMILES string of the molecule is O=C(CCN(CCC(=O)ON1C(=O)CCC1=O)C(=O)CCN(C(=O)/C=C/Br)N(CCC(=O)N(CCC(=O)ON1C(=O)CCC1=O)CCC(=O)ON1C(=O)CCC1=O)C(=O)/C=C/Br)ON1C(=O)CCC1=O. The van der Waals surface area contributed by atoms with Gasteiger partial charge >= 0.3 is 23.9 Å². The third-order valence-electron chi connectivity index (χ3n) is 10.1. The van der Waals surface area contributed by atoms with E-state index in [1.54, 1.807) is 0 Å². The van der Waals surface area contributed by atoms with Crippen molar-refractivity contribution in [1.29, 1.82) is 0 Å². The Morgan fingerprint density at radius 3 is 0.786 bits per heavy atom. The van der Waals surface area contributed by atoms with Gasteiger partial charge in [0.05, 0.1) is 38.8 Å². The Morgan fingerprint density at radius 1 is 0.371 bits per heavy atom.